The number of hydrogen-bond acceptors (Lipinski definition) is 2. The number of urea groups is 1. The standard InChI is InChI=1S/C11H12F2N2O3/c1-6(5-9(16)17)14-11(18)15-10-7(12)3-2-4-8(10)13/h2-4,6H,5H2,1H3,(H,16,17)(H2,14,15,18). The van der Waals surface area contributed by atoms with Crippen LogP contribution < -0.4 is 10.6 Å². The van der Waals surface area contributed by atoms with Crippen LogP contribution in [0, 0.1) is 11.6 Å². The zero-order valence-corrected chi connectivity index (χ0v) is 9.54. The van der Waals surface area contributed by atoms with E-state index in [-0.39, 0.29) is 6.42 Å². The molecule has 1 rings (SSSR count). The number of carboxylic acids is 1. The van der Waals surface area contributed by atoms with Crippen molar-refractivity contribution >= 4 is 17.7 Å². The van der Waals surface area contributed by atoms with Crippen LogP contribution >= 0.6 is 0 Å². The van der Waals surface area contributed by atoms with Gasteiger partial charge in [0.15, 0.2) is 0 Å². The van der Waals surface area contributed by atoms with E-state index in [0.29, 0.717) is 0 Å². The van der Waals surface area contributed by atoms with Crippen molar-refractivity contribution in [3.8, 4) is 0 Å². The fraction of sp³-hybridized carbons (Fsp3) is 0.273. The fourth-order valence-electron chi connectivity index (χ4n) is 1.30. The minimum absolute atomic E-state index is 0.285. The third-order valence-corrected chi connectivity index (χ3v) is 2.06. The minimum Gasteiger partial charge on any atom is -0.481 e. The number of nitrogens with one attached hydrogen (secondary N) is 2. The van der Waals surface area contributed by atoms with Crippen LogP contribution in [0.2, 0.25) is 0 Å². The smallest absolute Gasteiger partial charge is 0.319 e. The molecule has 18 heavy (non-hydrogen) atoms. The average molecular weight is 258 g/mol. The average Bonchev–Trinajstić information content (AvgIpc) is 2.22. The number of anilines is 1. The molecule has 0 radical (unpaired) electrons. The molecule has 7 heteroatoms. The van der Waals surface area contributed by atoms with E-state index in [1.165, 1.54) is 13.0 Å². The maximum absolute atomic E-state index is 13.2. The summed E-state index contributed by atoms with van der Waals surface area (Å²) in [6, 6.07) is 1.64. The van der Waals surface area contributed by atoms with E-state index in [1.807, 2.05) is 5.32 Å². The second-order valence-electron chi connectivity index (χ2n) is 3.69. The number of carboxylic acid groups (broad SMARTS) is 1. The number of benzene rings is 1. The molecule has 1 aromatic rings. The predicted octanol–water partition coefficient (Wildman–Crippen LogP) is 1.95. The Hall–Kier alpha value is -2.18. The normalized spacial score (nSPS) is 11.7. The first-order chi connectivity index (χ1) is 8.40. The second-order valence-corrected chi connectivity index (χ2v) is 3.69. The zero-order chi connectivity index (χ0) is 13.7. The van der Waals surface area contributed by atoms with E-state index in [0.717, 1.165) is 12.1 Å². The van der Waals surface area contributed by atoms with E-state index >= 15 is 0 Å². The van der Waals surface area contributed by atoms with Crippen molar-refractivity contribution < 1.29 is 23.5 Å². The first kappa shape index (κ1) is 13.9. The highest BCUT2D eigenvalue weighted by molar-refractivity contribution is 5.90. The van der Waals surface area contributed by atoms with Gasteiger partial charge in [0.05, 0.1) is 6.42 Å². The highest BCUT2D eigenvalue weighted by Crippen LogP contribution is 2.17. The number of para-hydroxylation sites is 1. The number of carbonyl (C=O) groups is 2. The van der Waals surface area contributed by atoms with Crippen LogP contribution in [0.4, 0.5) is 19.3 Å². The topological polar surface area (TPSA) is 78.4 Å². The van der Waals surface area contributed by atoms with Gasteiger partial charge in [-0.3, -0.25) is 4.79 Å². The minimum atomic E-state index is -1.08. The molecule has 98 valence electrons. The van der Waals surface area contributed by atoms with Crippen LogP contribution in [0.5, 0.6) is 0 Å². The van der Waals surface area contributed by atoms with Crippen LogP contribution in [-0.4, -0.2) is 23.1 Å². The van der Waals surface area contributed by atoms with Crippen molar-refractivity contribution in [2.24, 2.45) is 0 Å². The summed E-state index contributed by atoms with van der Waals surface area (Å²) < 4.78 is 26.4. The highest BCUT2D eigenvalue weighted by Gasteiger charge is 2.14. The summed E-state index contributed by atoms with van der Waals surface area (Å²) in [6.45, 7) is 1.46. The molecule has 2 amide bonds. The van der Waals surface area contributed by atoms with Gasteiger partial charge in [-0.15, -0.1) is 0 Å². The summed E-state index contributed by atoms with van der Waals surface area (Å²) >= 11 is 0. The Bertz CT molecular complexity index is 445. The third kappa shape index (κ3) is 4.00. The molecule has 3 N–H and O–H groups in total. The molecule has 5 nitrogen and oxygen atoms in total. The van der Waals surface area contributed by atoms with Crippen LogP contribution in [-0.2, 0) is 4.79 Å². The molecule has 0 aromatic heterocycles. The summed E-state index contributed by atoms with van der Waals surface area (Å²) in [5, 5.41) is 12.7. The van der Waals surface area contributed by atoms with Crippen molar-refractivity contribution in [1.82, 2.24) is 5.32 Å². The number of amides is 2. The van der Waals surface area contributed by atoms with E-state index in [1.54, 1.807) is 0 Å². The molecule has 1 unspecified atom stereocenters. The molecule has 0 aliphatic carbocycles. The van der Waals surface area contributed by atoms with Crippen molar-refractivity contribution in [3.63, 3.8) is 0 Å². The number of aliphatic carboxylic acids is 1. The zero-order valence-electron chi connectivity index (χ0n) is 9.54. The SMILES string of the molecule is CC(CC(=O)O)NC(=O)Nc1c(F)cccc1F. The summed E-state index contributed by atoms with van der Waals surface area (Å²) in [5.41, 5.74) is -0.572. The van der Waals surface area contributed by atoms with Gasteiger partial charge in [-0.25, -0.2) is 13.6 Å². The van der Waals surface area contributed by atoms with E-state index < -0.39 is 35.4 Å². The molecule has 0 saturated heterocycles. The van der Waals surface area contributed by atoms with E-state index in [4.69, 9.17) is 5.11 Å². The summed E-state index contributed by atoms with van der Waals surface area (Å²) in [5.74, 6) is -2.90. The predicted molar refractivity (Wildman–Crippen MR) is 60.2 cm³/mol. The van der Waals surface area contributed by atoms with E-state index in [9.17, 15) is 18.4 Å². The molecule has 0 fully saturated rings. The lowest BCUT2D eigenvalue weighted by atomic mass is 10.2. The van der Waals surface area contributed by atoms with Crippen LogP contribution in [0.3, 0.4) is 0 Å². The molecule has 0 aliphatic rings. The Kier molecular flexibility index (Phi) is 4.59. The van der Waals surface area contributed by atoms with Gasteiger partial charge in [0, 0.05) is 6.04 Å². The third-order valence-electron chi connectivity index (χ3n) is 2.06. The summed E-state index contributed by atoms with van der Waals surface area (Å²) in [7, 11) is 0. The first-order valence-corrected chi connectivity index (χ1v) is 5.13. The largest absolute Gasteiger partial charge is 0.481 e. The summed E-state index contributed by atoms with van der Waals surface area (Å²) in [4.78, 5) is 21.7. The molecular weight excluding hydrogens is 246 g/mol. The lowest BCUT2D eigenvalue weighted by Crippen LogP contribution is -2.37. The Morgan fingerprint density at radius 1 is 1.33 bits per heavy atom. The van der Waals surface area contributed by atoms with Crippen molar-refractivity contribution in [2.45, 2.75) is 19.4 Å². The molecule has 0 aliphatic heterocycles. The quantitative estimate of drug-likeness (QED) is 0.772. The van der Waals surface area contributed by atoms with Gasteiger partial charge in [-0.1, -0.05) is 6.07 Å². The van der Waals surface area contributed by atoms with Crippen molar-refractivity contribution in [1.29, 1.82) is 0 Å². The summed E-state index contributed by atoms with van der Waals surface area (Å²) in [6.07, 6.45) is -0.285. The second kappa shape index (κ2) is 5.95. The maximum atomic E-state index is 13.2. The molecule has 0 heterocycles. The molecule has 1 atom stereocenters. The van der Waals surface area contributed by atoms with Gasteiger partial charge < -0.3 is 15.7 Å². The van der Waals surface area contributed by atoms with Crippen molar-refractivity contribution in [3.05, 3.63) is 29.8 Å². The van der Waals surface area contributed by atoms with Gasteiger partial charge >= 0.3 is 12.0 Å². The van der Waals surface area contributed by atoms with Gasteiger partial charge in [0.25, 0.3) is 0 Å². The first-order valence-electron chi connectivity index (χ1n) is 5.13. The number of halogens is 2. The van der Waals surface area contributed by atoms with Gasteiger partial charge in [0.2, 0.25) is 0 Å². The fourth-order valence-corrected chi connectivity index (χ4v) is 1.30. The Labute approximate surface area is 102 Å². The van der Waals surface area contributed by atoms with E-state index in [2.05, 4.69) is 5.32 Å². The molecule has 0 saturated carbocycles. The number of hydrogen-bond donors (Lipinski definition) is 3. The van der Waals surface area contributed by atoms with Crippen molar-refractivity contribution in [2.75, 3.05) is 5.32 Å². The van der Waals surface area contributed by atoms with Crippen LogP contribution in [0.15, 0.2) is 18.2 Å². The molecular formula is C11H12F2N2O3. The lowest BCUT2D eigenvalue weighted by molar-refractivity contribution is -0.137. The maximum Gasteiger partial charge on any atom is 0.319 e. The molecule has 0 bridgehead atoms. The highest BCUT2D eigenvalue weighted by atomic mass is 19.1. The van der Waals surface area contributed by atoms with Gasteiger partial charge in [0.1, 0.15) is 17.3 Å². The Morgan fingerprint density at radius 3 is 2.39 bits per heavy atom. The lowest BCUT2D eigenvalue weighted by Gasteiger charge is -2.13. The van der Waals surface area contributed by atoms with Crippen LogP contribution in [0.1, 0.15) is 13.3 Å². The van der Waals surface area contributed by atoms with Gasteiger partial charge in [-0.05, 0) is 19.1 Å². The number of carbonyl (C=O) groups excluding carboxylic acids is 1. The number of rotatable bonds is 4. The van der Waals surface area contributed by atoms with Gasteiger partial charge in [-0.2, -0.15) is 0 Å². The Morgan fingerprint density at radius 2 is 1.89 bits per heavy atom. The molecule has 0 spiro atoms. The molecule has 1 aromatic carbocycles. The monoisotopic (exact) mass is 258 g/mol. The van der Waals surface area contributed by atoms with Crippen LogP contribution in [0.25, 0.3) is 0 Å². The Balaban J connectivity index is 2.62.